The van der Waals surface area contributed by atoms with E-state index in [9.17, 15) is 9.59 Å². The predicted octanol–water partition coefficient (Wildman–Crippen LogP) is 3.30. The van der Waals surface area contributed by atoms with E-state index in [2.05, 4.69) is 10.6 Å². The van der Waals surface area contributed by atoms with Gasteiger partial charge in [0.1, 0.15) is 11.5 Å². The Hall–Kier alpha value is -2.90. The Labute approximate surface area is 182 Å². The summed E-state index contributed by atoms with van der Waals surface area (Å²) in [7, 11) is 0. The van der Waals surface area contributed by atoms with Gasteiger partial charge in [-0.25, -0.2) is 0 Å². The number of carbonyl (C=O) groups is 2. The average molecular weight is 424 g/mol. The van der Waals surface area contributed by atoms with Crippen molar-refractivity contribution in [3.63, 3.8) is 0 Å². The summed E-state index contributed by atoms with van der Waals surface area (Å²) in [5.41, 5.74) is 1.15. The lowest BCUT2D eigenvalue weighted by molar-refractivity contribution is 0.0854. The van der Waals surface area contributed by atoms with E-state index in [1.54, 1.807) is 48.5 Å². The zero-order valence-electron chi connectivity index (χ0n) is 17.5. The Bertz CT molecular complexity index is 796. The third-order valence-corrected chi connectivity index (χ3v) is 5.50. The zero-order valence-corrected chi connectivity index (χ0v) is 17.5. The molecule has 164 valence electrons. The molecule has 7 heteroatoms. The van der Waals surface area contributed by atoms with Gasteiger partial charge in [0, 0.05) is 37.4 Å². The number of carbonyl (C=O) groups excluding carboxylic acids is 2. The lowest BCUT2D eigenvalue weighted by Gasteiger charge is -2.12. The maximum Gasteiger partial charge on any atom is 0.251 e. The summed E-state index contributed by atoms with van der Waals surface area (Å²) < 4.78 is 16.9. The highest BCUT2D eigenvalue weighted by Gasteiger charge is 2.17. The standard InChI is InChI=1S/C24H28N2O5/c27-23(25-15-21-3-1-13-29-21)17-5-9-19(10-6-17)31-20-11-7-18(8-12-20)24(28)26-16-22-4-2-14-30-22/h5-12,21-22H,1-4,13-16H2,(H,25,27)(H,26,28). The van der Waals surface area contributed by atoms with E-state index in [1.165, 1.54) is 0 Å². The van der Waals surface area contributed by atoms with Crippen molar-refractivity contribution >= 4 is 11.8 Å². The maximum absolute atomic E-state index is 12.3. The lowest BCUT2D eigenvalue weighted by Crippen LogP contribution is -2.31. The number of rotatable bonds is 8. The number of ether oxygens (including phenoxy) is 3. The van der Waals surface area contributed by atoms with Crippen LogP contribution in [-0.2, 0) is 9.47 Å². The van der Waals surface area contributed by atoms with Crippen LogP contribution in [0.1, 0.15) is 46.4 Å². The number of amides is 2. The van der Waals surface area contributed by atoms with Crippen molar-refractivity contribution in [2.75, 3.05) is 26.3 Å². The molecular formula is C24H28N2O5. The van der Waals surface area contributed by atoms with Gasteiger partial charge in [0.15, 0.2) is 0 Å². The highest BCUT2D eigenvalue weighted by molar-refractivity contribution is 5.94. The first-order valence-electron chi connectivity index (χ1n) is 10.8. The normalized spacial score (nSPS) is 20.4. The van der Waals surface area contributed by atoms with Gasteiger partial charge < -0.3 is 24.8 Å². The molecule has 2 aliphatic rings. The van der Waals surface area contributed by atoms with Crippen LogP contribution in [0.2, 0.25) is 0 Å². The minimum absolute atomic E-state index is 0.118. The van der Waals surface area contributed by atoms with Crippen molar-refractivity contribution in [2.45, 2.75) is 37.9 Å². The Balaban J connectivity index is 1.25. The van der Waals surface area contributed by atoms with Gasteiger partial charge >= 0.3 is 0 Å². The third-order valence-electron chi connectivity index (χ3n) is 5.50. The number of hydrogen-bond acceptors (Lipinski definition) is 5. The second-order valence-corrected chi connectivity index (χ2v) is 7.84. The van der Waals surface area contributed by atoms with Crippen molar-refractivity contribution in [1.29, 1.82) is 0 Å². The van der Waals surface area contributed by atoms with Crippen LogP contribution < -0.4 is 15.4 Å². The van der Waals surface area contributed by atoms with E-state index in [0.717, 1.165) is 38.9 Å². The molecule has 4 rings (SSSR count). The minimum atomic E-state index is -0.125. The lowest BCUT2D eigenvalue weighted by atomic mass is 10.2. The average Bonchev–Trinajstić information content (AvgIpc) is 3.51. The molecule has 2 amide bonds. The molecule has 2 atom stereocenters. The van der Waals surface area contributed by atoms with Crippen LogP contribution in [0.5, 0.6) is 11.5 Å². The topological polar surface area (TPSA) is 85.9 Å². The first-order valence-corrected chi connectivity index (χ1v) is 10.8. The number of hydrogen-bond donors (Lipinski definition) is 2. The van der Waals surface area contributed by atoms with Crippen LogP contribution >= 0.6 is 0 Å². The van der Waals surface area contributed by atoms with Gasteiger partial charge in [0.25, 0.3) is 11.8 Å². The van der Waals surface area contributed by atoms with Crippen molar-refractivity contribution < 1.29 is 23.8 Å². The Morgan fingerprint density at radius 2 is 1.16 bits per heavy atom. The molecule has 0 radical (unpaired) electrons. The predicted molar refractivity (Wildman–Crippen MR) is 116 cm³/mol. The van der Waals surface area contributed by atoms with Crippen LogP contribution in [0.3, 0.4) is 0 Å². The van der Waals surface area contributed by atoms with Crippen molar-refractivity contribution in [2.24, 2.45) is 0 Å². The van der Waals surface area contributed by atoms with E-state index in [4.69, 9.17) is 14.2 Å². The fourth-order valence-corrected chi connectivity index (χ4v) is 3.71. The smallest absolute Gasteiger partial charge is 0.251 e. The molecule has 7 nitrogen and oxygen atoms in total. The molecule has 31 heavy (non-hydrogen) atoms. The van der Waals surface area contributed by atoms with Crippen LogP contribution in [0, 0.1) is 0 Å². The quantitative estimate of drug-likeness (QED) is 0.679. The SMILES string of the molecule is O=C(NCC1CCCO1)c1ccc(Oc2ccc(C(=O)NCC3CCCO3)cc2)cc1. The molecule has 2 aromatic rings. The first-order chi connectivity index (χ1) is 15.2. The molecule has 0 bridgehead atoms. The Morgan fingerprint density at radius 1 is 0.742 bits per heavy atom. The van der Waals surface area contributed by atoms with Crippen molar-refractivity contribution in [1.82, 2.24) is 10.6 Å². The highest BCUT2D eigenvalue weighted by Crippen LogP contribution is 2.22. The van der Waals surface area contributed by atoms with E-state index in [0.29, 0.717) is 35.7 Å². The van der Waals surface area contributed by atoms with E-state index in [1.807, 2.05) is 0 Å². The molecule has 2 unspecified atom stereocenters. The Kier molecular flexibility index (Phi) is 7.17. The summed E-state index contributed by atoms with van der Waals surface area (Å²) in [6.07, 6.45) is 4.31. The second-order valence-electron chi connectivity index (χ2n) is 7.84. The van der Waals surface area contributed by atoms with Gasteiger partial charge in [-0.15, -0.1) is 0 Å². The van der Waals surface area contributed by atoms with Crippen molar-refractivity contribution in [3.05, 3.63) is 59.7 Å². The van der Waals surface area contributed by atoms with Gasteiger partial charge in [-0.3, -0.25) is 9.59 Å². The molecular weight excluding hydrogens is 396 g/mol. The summed E-state index contributed by atoms with van der Waals surface area (Å²) in [6, 6.07) is 13.9. The van der Waals surface area contributed by atoms with E-state index in [-0.39, 0.29) is 24.0 Å². The van der Waals surface area contributed by atoms with Gasteiger partial charge in [-0.05, 0) is 74.2 Å². The highest BCUT2D eigenvalue weighted by atomic mass is 16.5. The summed E-state index contributed by atoms with van der Waals surface area (Å²) in [6.45, 7) is 2.61. The molecule has 0 aliphatic carbocycles. The van der Waals surface area contributed by atoms with Gasteiger partial charge in [-0.2, -0.15) is 0 Å². The van der Waals surface area contributed by atoms with Gasteiger partial charge in [0.05, 0.1) is 12.2 Å². The van der Waals surface area contributed by atoms with E-state index < -0.39 is 0 Å². The van der Waals surface area contributed by atoms with Crippen molar-refractivity contribution in [3.8, 4) is 11.5 Å². The van der Waals surface area contributed by atoms with E-state index >= 15 is 0 Å². The summed E-state index contributed by atoms with van der Waals surface area (Å²) in [5, 5.41) is 5.81. The molecule has 0 saturated carbocycles. The zero-order chi connectivity index (χ0) is 21.5. The fourth-order valence-electron chi connectivity index (χ4n) is 3.71. The fraction of sp³-hybridized carbons (Fsp3) is 0.417. The molecule has 0 spiro atoms. The summed E-state index contributed by atoms with van der Waals surface area (Å²) in [4.78, 5) is 24.5. The third kappa shape index (κ3) is 6.06. The molecule has 0 aromatic heterocycles. The van der Waals surface area contributed by atoms with Gasteiger partial charge in [-0.1, -0.05) is 0 Å². The second kappa shape index (κ2) is 10.4. The maximum atomic E-state index is 12.3. The monoisotopic (exact) mass is 424 g/mol. The van der Waals surface area contributed by atoms with Crippen LogP contribution in [0.15, 0.2) is 48.5 Å². The first kappa shape index (κ1) is 21.3. The van der Waals surface area contributed by atoms with Gasteiger partial charge in [0.2, 0.25) is 0 Å². The van der Waals surface area contributed by atoms with Crippen LogP contribution in [0.4, 0.5) is 0 Å². The Morgan fingerprint density at radius 3 is 1.52 bits per heavy atom. The van der Waals surface area contributed by atoms with Crippen LogP contribution in [0.25, 0.3) is 0 Å². The molecule has 2 aliphatic heterocycles. The number of nitrogens with one attached hydrogen (secondary N) is 2. The molecule has 2 fully saturated rings. The number of benzene rings is 2. The molecule has 2 saturated heterocycles. The molecule has 2 heterocycles. The molecule has 2 N–H and O–H groups in total. The van der Waals surface area contributed by atoms with Crippen LogP contribution in [-0.4, -0.2) is 50.3 Å². The minimum Gasteiger partial charge on any atom is -0.457 e. The summed E-state index contributed by atoms with van der Waals surface area (Å²) >= 11 is 0. The summed E-state index contributed by atoms with van der Waals surface area (Å²) in [5.74, 6) is 0.985. The molecule has 2 aromatic carbocycles. The largest absolute Gasteiger partial charge is 0.457 e.